The van der Waals surface area contributed by atoms with Crippen LogP contribution >= 0.6 is 0 Å². The molecule has 0 bridgehead atoms. The van der Waals surface area contributed by atoms with Crippen LogP contribution in [-0.4, -0.2) is 23.4 Å². The van der Waals surface area contributed by atoms with Crippen molar-refractivity contribution in [2.75, 3.05) is 13.2 Å². The van der Waals surface area contributed by atoms with E-state index >= 15 is 0 Å². The van der Waals surface area contributed by atoms with Gasteiger partial charge < -0.3 is 10.2 Å². The molecule has 0 aromatic rings. The monoisotopic (exact) mass is 158 g/mol. The normalized spacial score (nSPS) is 13.0. The zero-order valence-corrected chi connectivity index (χ0v) is 7.21. The third-order valence-corrected chi connectivity index (χ3v) is 1.87. The van der Waals surface area contributed by atoms with Gasteiger partial charge in [0, 0.05) is 13.2 Å². The molecule has 2 nitrogen and oxygen atoms in total. The van der Waals surface area contributed by atoms with Crippen LogP contribution in [0.15, 0.2) is 12.2 Å². The summed E-state index contributed by atoms with van der Waals surface area (Å²) >= 11 is 0. The van der Waals surface area contributed by atoms with Gasteiger partial charge >= 0.3 is 0 Å². The minimum absolute atomic E-state index is 0.152. The number of rotatable bonds is 6. The lowest BCUT2D eigenvalue weighted by atomic mass is 9.97. The molecule has 0 spiro atoms. The van der Waals surface area contributed by atoms with Crippen LogP contribution in [0, 0.1) is 5.92 Å². The molecule has 0 saturated carbocycles. The quantitative estimate of drug-likeness (QED) is 0.572. The average Bonchev–Trinajstić information content (AvgIpc) is 2.03. The van der Waals surface area contributed by atoms with E-state index in [0.29, 0.717) is 6.42 Å². The molecule has 0 rings (SSSR count). The summed E-state index contributed by atoms with van der Waals surface area (Å²) in [6, 6.07) is 0. The number of aliphatic hydroxyl groups excluding tert-OH is 2. The molecule has 0 fully saturated rings. The van der Waals surface area contributed by atoms with Crippen molar-refractivity contribution in [1.82, 2.24) is 0 Å². The summed E-state index contributed by atoms with van der Waals surface area (Å²) in [5, 5.41) is 17.5. The van der Waals surface area contributed by atoms with Crippen LogP contribution in [0.25, 0.3) is 0 Å². The van der Waals surface area contributed by atoms with Crippen LogP contribution in [0.3, 0.4) is 0 Å². The van der Waals surface area contributed by atoms with Crippen molar-refractivity contribution in [3.05, 3.63) is 12.2 Å². The minimum atomic E-state index is 0.152. The summed E-state index contributed by atoms with van der Waals surface area (Å²) in [5.41, 5.74) is 1.15. The lowest BCUT2D eigenvalue weighted by Gasteiger charge is -2.12. The molecule has 0 aliphatic carbocycles. The predicted molar refractivity (Wildman–Crippen MR) is 46.3 cm³/mol. The van der Waals surface area contributed by atoms with E-state index in [1.54, 1.807) is 0 Å². The van der Waals surface area contributed by atoms with Gasteiger partial charge in [0.1, 0.15) is 0 Å². The summed E-state index contributed by atoms with van der Waals surface area (Å²) in [5.74, 6) is 0.201. The maximum atomic E-state index is 8.85. The van der Waals surface area contributed by atoms with E-state index in [1.165, 1.54) is 0 Å². The fourth-order valence-corrected chi connectivity index (χ4v) is 0.993. The van der Waals surface area contributed by atoms with Crippen LogP contribution < -0.4 is 0 Å². The van der Waals surface area contributed by atoms with E-state index in [2.05, 4.69) is 13.5 Å². The van der Waals surface area contributed by atoms with Gasteiger partial charge in [-0.15, -0.1) is 0 Å². The smallest absolute Gasteiger partial charge is 0.0463 e. The number of allylic oxidation sites excluding steroid dienone is 1. The molecule has 0 aliphatic heterocycles. The first-order chi connectivity index (χ1) is 5.24. The topological polar surface area (TPSA) is 40.5 Å². The van der Waals surface area contributed by atoms with E-state index in [1.807, 2.05) is 0 Å². The highest BCUT2D eigenvalue weighted by Gasteiger charge is 2.06. The average molecular weight is 158 g/mol. The third-order valence-electron chi connectivity index (χ3n) is 1.87. The Morgan fingerprint density at radius 1 is 1.45 bits per heavy atom. The fraction of sp³-hybridized carbons (Fsp3) is 0.778. The molecule has 1 unspecified atom stereocenters. The SMILES string of the molecule is C=C(CC)CC(CO)CCO. The van der Waals surface area contributed by atoms with Gasteiger partial charge in [0.2, 0.25) is 0 Å². The second-order valence-electron chi connectivity index (χ2n) is 2.87. The van der Waals surface area contributed by atoms with E-state index in [4.69, 9.17) is 10.2 Å². The second-order valence-corrected chi connectivity index (χ2v) is 2.87. The Kier molecular flexibility index (Phi) is 6.18. The Bertz CT molecular complexity index is 110. The molecule has 0 aromatic heterocycles. The number of hydrogen-bond donors (Lipinski definition) is 2. The van der Waals surface area contributed by atoms with Crippen LogP contribution in [0.4, 0.5) is 0 Å². The molecule has 0 saturated heterocycles. The van der Waals surface area contributed by atoms with Gasteiger partial charge in [0.25, 0.3) is 0 Å². The standard InChI is InChI=1S/C9H18O2/c1-3-8(2)6-9(7-11)4-5-10/h9-11H,2-7H2,1H3. The molecule has 66 valence electrons. The number of aliphatic hydroxyl groups is 2. The maximum absolute atomic E-state index is 8.85. The van der Waals surface area contributed by atoms with Crippen LogP contribution in [0.2, 0.25) is 0 Å². The van der Waals surface area contributed by atoms with Gasteiger partial charge in [-0.2, -0.15) is 0 Å². The lowest BCUT2D eigenvalue weighted by Crippen LogP contribution is -2.08. The molecular formula is C9H18O2. The highest BCUT2D eigenvalue weighted by atomic mass is 16.3. The minimum Gasteiger partial charge on any atom is -0.396 e. The Morgan fingerprint density at radius 3 is 2.45 bits per heavy atom. The van der Waals surface area contributed by atoms with Gasteiger partial charge in [0.15, 0.2) is 0 Å². The van der Waals surface area contributed by atoms with E-state index in [-0.39, 0.29) is 19.1 Å². The second kappa shape index (κ2) is 6.38. The van der Waals surface area contributed by atoms with Gasteiger partial charge in [-0.1, -0.05) is 19.1 Å². The lowest BCUT2D eigenvalue weighted by molar-refractivity contribution is 0.182. The molecule has 1 atom stereocenters. The molecule has 0 amide bonds. The first-order valence-electron chi connectivity index (χ1n) is 4.12. The maximum Gasteiger partial charge on any atom is 0.0463 e. The summed E-state index contributed by atoms with van der Waals surface area (Å²) in [6.07, 6.45) is 2.48. The highest BCUT2D eigenvalue weighted by molar-refractivity contribution is 4.94. The van der Waals surface area contributed by atoms with Crippen molar-refractivity contribution < 1.29 is 10.2 Å². The first-order valence-corrected chi connectivity index (χ1v) is 4.12. The van der Waals surface area contributed by atoms with Crippen molar-refractivity contribution in [3.8, 4) is 0 Å². The molecule has 0 aromatic carbocycles. The van der Waals surface area contributed by atoms with Crippen molar-refractivity contribution in [2.24, 2.45) is 5.92 Å². The first kappa shape index (κ1) is 10.7. The van der Waals surface area contributed by atoms with Crippen LogP contribution in [0.1, 0.15) is 26.2 Å². The molecule has 0 aliphatic rings. The molecule has 2 N–H and O–H groups in total. The van der Waals surface area contributed by atoms with Gasteiger partial charge in [-0.05, 0) is 25.2 Å². The predicted octanol–water partition coefficient (Wildman–Crippen LogP) is 1.33. The Morgan fingerprint density at radius 2 is 2.09 bits per heavy atom. The molecule has 11 heavy (non-hydrogen) atoms. The van der Waals surface area contributed by atoms with E-state index in [0.717, 1.165) is 18.4 Å². The molecule has 0 radical (unpaired) electrons. The third kappa shape index (κ3) is 4.99. The summed E-state index contributed by atoms with van der Waals surface area (Å²) in [6.45, 7) is 6.21. The largest absolute Gasteiger partial charge is 0.396 e. The zero-order valence-electron chi connectivity index (χ0n) is 7.21. The Hall–Kier alpha value is -0.340. The van der Waals surface area contributed by atoms with Gasteiger partial charge in [-0.25, -0.2) is 0 Å². The summed E-state index contributed by atoms with van der Waals surface area (Å²) in [7, 11) is 0. The van der Waals surface area contributed by atoms with Gasteiger partial charge in [-0.3, -0.25) is 0 Å². The molecule has 2 heteroatoms. The molecular weight excluding hydrogens is 140 g/mol. The van der Waals surface area contributed by atoms with Crippen molar-refractivity contribution in [3.63, 3.8) is 0 Å². The van der Waals surface area contributed by atoms with Crippen molar-refractivity contribution in [2.45, 2.75) is 26.2 Å². The number of hydrogen-bond acceptors (Lipinski definition) is 2. The summed E-state index contributed by atoms with van der Waals surface area (Å²) < 4.78 is 0. The van der Waals surface area contributed by atoms with E-state index in [9.17, 15) is 0 Å². The Labute approximate surface area is 68.6 Å². The Balaban J connectivity index is 3.58. The van der Waals surface area contributed by atoms with Crippen LogP contribution in [0.5, 0.6) is 0 Å². The summed E-state index contributed by atoms with van der Waals surface area (Å²) in [4.78, 5) is 0. The van der Waals surface area contributed by atoms with Crippen molar-refractivity contribution >= 4 is 0 Å². The van der Waals surface area contributed by atoms with E-state index < -0.39 is 0 Å². The van der Waals surface area contributed by atoms with Gasteiger partial charge in [0.05, 0.1) is 0 Å². The fourth-order valence-electron chi connectivity index (χ4n) is 0.993. The zero-order chi connectivity index (χ0) is 8.69. The van der Waals surface area contributed by atoms with Crippen LogP contribution in [-0.2, 0) is 0 Å². The van der Waals surface area contributed by atoms with Crippen molar-refractivity contribution in [1.29, 1.82) is 0 Å². The molecule has 0 heterocycles. The highest BCUT2D eigenvalue weighted by Crippen LogP contribution is 2.15.